The summed E-state index contributed by atoms with van der Waals surface area (Å²) in [6.07, 6.45) is 6.44. The molecule has 2 atom stereocenters. The van der Waals surface area contributed by atoms with Gasteiger partial charge in [0, 0.05) is 38.7 Å². The minimum Gasteiger partial charge on any atom is -0.376 e. The molecule has 3 heterocycles. The molecular weight excluding hydrogens is 485 g/mol. The Morgan fingerprint density at radius 1 is 1.36 bits per heavy atom. The molecule has 0 radical (unpaired) electrons. The quantitative estimate of drug-likeness (QED) is 0.327. The van der Waals surface area contributed by atoms with E-state index in [1.54, 1.807) is 11.3 Å². The fourth-order valence-electron chi connectivity index (χ4n) is 3.73. The van der Waals surface area contributed by atoms with Crippen LogP contribution in [0.1, 0.15) is 57.4 Å². The van der Waals surface area contributed by atoms with Crippen molar-refractivity contribution in [3.05, 3.63) is 22.4 Å². The first kappa shape index (κ1) is 23.9. The number of nitrogens with zero attached hydrogens (tertiary/aromatic N) is 2. The van der Waals surface area contributed by atoms with Crippen molar-refractivity contribution in [3.8, 4) is 0 Å². The van der Waals surface area contributed by atoms with Crippen LogP contribution in [0.15, 0.2) is 21.8 Å². The monoisotopic (exact) mass is 521 g/mol. The number of likely N-dealkylation sites (tertiary alicyclic amines) is 1. The van der Waals surface area contributed by atoms with Crippen molar-refractivity contribution in [3.63, 3.8) is 0 Å². The SMILES string of the molecule is CCNC(=NCC(C)c1ccsc1)N1CCC(OCC2CCCCO2)CC1.I. The molecule has 0 amide bonds. The van der Waals surface area contributed by atoms with E-state index < -0.39 is 0 Å². The standard InChI is InChI=1S/C21H35N3O2S.HI/c1-3-22-21(23-14-17(2)18-9-13-27-16-18)24-10-7-19(8-11-24)26-15-20-6-4-5-12-25-20;/h9,13,16-17,19-20H,3-8,10-12,14-15H2,1-2H3,(H,22,23);1H. The lowest BCUT2D eigenvalue weighted by molar-refractivity contribution is -0.0721. The van der Waals surface area contributed by atoms with Crippen LogP contribution in [-0.4, -0.2) is 62.5 Å². The van der Waals surface area contributed by atoms with Crippen molar-refractivity contribution < 1.29 is 9.47 Å². The van der Waals surface area contributed by atoms with Gasteiger partial charge in [0.15, 0.2) is 5.96 Å². The Hall–Kier alpha value is -0.380. The molecule has 2 aliphatic heterocycles. The van der Waals surface area contributed by atoms with Gasteiger partial charge in [-0.25, -0.2) is 0 Å². The van der Waals surface area contributed by atoms with E-state index in [0.29, 0.717) is 18.1 Å². The van der Waals surface area contributed by atoms with Gasteiger partial charge in [-0.05, 0) is 61.4 Å². The van der Waals surface area contributed by atoms with Gasteiger partial charge in [0.1, 0.15) is 0 Å². The number of nitrogens with one attached hydrogen (secondary N) is 1. The van der Waals surface area contributed by atoms with Crippen molar-refractivity contribution in [2.24, 2.45) is 4.99 Å². The van der Waals surface area contributed by atoms with E-state index in [9.17, 15) is 0 Å². The van der Waals surface area contributed by atoms with Crippen molar-refractivity contribution in [1.82, 2.24) is 10.2 Å². The first-order valence-electron chi connectivity index (χ1n) is 10.5. The van der Waals surface area contributed by atoms with E-state index in [4.69, 9.17) is 14.5 Å². The summed E-state index contributed by atoms with van der Waals surface area (Å²) in [5, 5.41) is 7.84. The van der Waals surface area contributed by atoms with Gasteiger partial charge in [-0.15, -0.1) is 24.0 Å². The zero-order valence-electron chi connectivity index (χ0n) is 17.3. The van der Waals surface area contributed by atoms with Gasteiger partial charge in [0.25, 0.3) is 0 Å². The minimum absolute atomic E-state index is 0. The van der Waals surface area contributed by atoms with E-state index >= 15 is 0 Å². The van der Waals surface area contributed by atoms with Gasteiger partial charge in [-0.2, -0.15) is 11.3 Å². The lowest BCUT2D eigenvalue weighted by Gasteiger charge is -2.35. The number of halogens is 1. The highest BCUT2D eigenvalue weighted by molar-refractivity contribution is 14.0. The number of piperidine rings is 1. The van der Waals surface area contributed by atoms with Gasteiger partial charge in [-0.3, -0.25) is 4.99 Å². The summed E-state index contributed by atoms with van der Waals surface area (Å²) < 4.78 is 11.9. The zero-order valence-corrected chi connectivity index (χ0v) is 20.4. The molecule has 1 aromatic heterocycles. The summed E-state index contributed by atoms with van der Waals surface area (Å²) >= 11 is 1.76. The molecule has 1 N–H and O–H groups in total. The number of hydrogen-bond acceptors (Lipinski definition) is 4. The minimum atomic E-state index is 0. The van der Waals surface area contributed by atoms with Gasteiger partial charge in [0.2, 0.25) is 0 Å². The lowest BCUT2D eigenvalue weighted by atomic mass is 10.1. The highest BCUT2D eigenvalue weighted by atomic mass is 127. The zero-order chi connectivity index (χ0) is 18.9. The molecule has 2 aliphatic rings. The maximum Gasteiger partial charge on any atom is 0.193 e. The molecular formula is C21H36IN3O2S. The summed E-state index contributed by atoms with van der Waals surface area (Å²) in [7, 11) is 0. The van der Waals surface area contributed by atoms with E-state index in [1.165, 1.54) is 18.4 Å². The molecule has 2 saturated heterocycles. The molecule has 0 saturated carbocycles. The van der Waals surface area contributed by atoms with Gasteiger partial charge in [-0.1, -0.05) is 6.92 Å². The van der Waals surface area contributed by atoms with E-state index in [1.807, 2.05) is 0 Å². The van der Waals surface area contributed by atoms with Crippen molar-refractivity contribution in [2.75, 3.05) is 39.4 Å². The molecule has 0 aromatic carbocycles. The first-order valence-corrected chi connectivity index (χ1v) is 11.5. The second-order valence-corrected chi connectivity index (χ2v) is 8.44. The van der Waals surface area contributed by atoms with Gasteiger partial charge < -0.3 is 19.7 Å². The Morgan fingerprint density at radius 3 is 2.82 bits per heavy atom. The normalized spacial score (nSPS) is 22.6. The summed E-state index contributed by atoms with van der Waals surface area (Å²) in [6, 6.07) is 2.20. The van der Waals surface area contributed by atoms with Crippen LogP contribution in [0.2, 0.25) is 0 Å². The average molecular weight is 522 g/mol. The lowest BCUT2D eigenvalue weighted by Crippen LogP contribution is -2.47. The largest absolute Gasteiger partial charge is 0.376 e. The highest BCUT2D eigenvalue weighted by Gasteiger charge is 2.24. The molecule has 7 heteroatoms. The molecule has 5 nitrogen and oxygen atoms in total. The third-order valence-electron chi connectivity index (χ3n) is 5.50. The number of guanidine groups is 1. The van der Waals surface area contributed by atoms with Crippen LogP contribution in [0.25, 0.3) is 0 Å². The summed E-state index contributed by atoms with van der Waals surface area (Å²) in [5.74, 6) is 1.51. The number of aliphatic imine (C=N–C) groups is 1. The molecule has 0 spiro atoms. The number of ether oxygens (including phenoxy) is 2. The van der Waals surface area contributed by atoms with Crippen LogP contribution in [-0.2, 0) is 9.47 Å². The maximum absolute atomic E-state index is 6.15. The summed E-state index contributed by atoms with van der Waals surface area (Å²) in [6.45, 7) is 9.80. The van der Waals surface area contributed by atoms with Crippen LogP contribution in [0, 0.1) is 0 Å². The van der Waals surface area contributed by atoms with E-state index in [-0.39, 0.29) is 24.0 Å². The Kier molecular flexibility index (Phi) is 11.1. The summed E-state index contributed by atoms with van der Waals surface area (Å²) in [4.78, 5) is 7.30. The van der Waals surface area contributed by atoms with Crippen LogP contribution >= 0.6 is 35.3 Å². The van der Waals surface area contributed by atoms with Crippen molar-refractivity contribution in [1.29, 1.82) is 0 Å². The Bertz CT molecular complexity index is 556. The Balaban J connectivity index is 0.00000280. The second kappa shape index (κ2) is 13.0. The van der Waals surface area contributed by atoms with Gasteiger partial charge in [0.05, 0.1) is 18.8 Å². The number of rotatable bonds is 7. The van der Waals surface area contributed by atoms with Crippen molar-refractivity contribution in [2.45, 2.75) is 64.1 Å². The Labute approximate surface area is 191 Å². The molecule has 3 rings (SSSR count). The topological polar surface area (TPSA) is 46.1 Å². The van der Waals surface area contributed by atoms with E-state index in [0.717, 1.165) is 64.6 Å². The molecule has 1 aromatic rings. The molecule has 2 fully saturated rings. The Morgan fingerprint density at radius 2 is 2.18 bits per heavy atom. The number of hydrogen-bond donors (Lipinski definition) is 1. The highest BCUT2D eigenvalue weighted by Crippen LogP contribution is 2.20. The van der Waals surface area contributed by atoms with Crippen LogP contribution in [0.3, 0.4) is 0 Å². The van der Waals surface area contributed by atoms with Crippen LogP contribution < -0.4 is 5.32 Å². The van der Waals surface area contributed by atoms with E-state index in [2.05, 4.69) is 40.9 Å². The third-order valence-corrected chi connectivity index (χ3v) is 6.20. The van der Waals surface area contributed by atoms with Crippen LogP contribution in [0.4, 0.5) is 0 Å². The smallest absolute Gasteiger partial charge is 0.193 e. The number of thiophene rings is 1. The first-order chi connectivity index (χ1) is 13.3. The fourth-order valence-corrected chi connectivity index (χ4v) is 4.51. The average Bonchev–Trinajstić information content (AvgIpc) is 3.26. The van der Waals surface area contributed by atoms with Crippen LogP contribution in [0.5, 0.6) is 0 Å². The molecule has 28 heavy (non-hydrogen) atoms. The molecule has 0 bridgehead atoms. The fraction of sp³-hybridized carbons (Fsp3) is 0.762. The maximum atomic E-state index is 6.15. The van der Waals surface area contributed by atoms with Crippen molar-refractivity contribution >= 4 is 41.3 Å². The molecule has 0 aliphatic carbocycles. The second-order valence-electron chi connectivity index (χ2n) is 7.66. The predicted octanol–water partition coefficient (Wildman–Crippen LogP) is 4.49. The predicted molar refractivity (Wildman–Crippen MR) is 128 cm³/mol. The summed E-state index contributed by atoms with van der Waals surface area (Å²) in [5.41, 5.74) is 1.39. The molecule has 160 valence electrons. The van der Waals surface area contributed by atoms with Gasteiger partial charge >= 0.3 is 0 Å². The molecule has 2 unspecified atom stereocenters. The third kappa shape index (κ3) is 7.46.